The van der Waals surface area contributed by atoms with Gasteiger partial charge in [-0.05, 0) is 35.3 Å². The van der Waals surface area contributed by atoms with Gasteiger partial charge in [-0.2, -0.15) is 0 Å². The van der Waals surface area contributed by atoms with Crippen molar-refractivity contribution < 1.29 is 8.95 Å². The van der Waals surface area contributed by atoms with Crippen molar-refractivity contribution >= 4 is 20.7 Å². The minimum Gasteiger partial charge on any atom is -0.495 e. The number of hydrogen-bond donors (Lipinski definition) is 0. The van der Waals surface area contributed by atoms with Crippen molar-refractivity contribution in [2.24, 2.45) is 0 Å². The van der Waals surface area contributed by atoms with Crippen LogP contribution in [-0.2, 0) is 10.0 Å². The molecule has 0 N–H and O–H groups in total. The fraction of sp³-hybridized carbons (Fsp3) is 0.250. The maximum absolute atomic E-state index is 11.0. The van der Waals surface area contributed by atoms with Crippen LogP contribution < -0.4 is 4.74 Å². The van der Waals surface area contributed by atoms with E-state index in [2.05, 4.69) is 0 Å². The van der Waals surface area contributed by atoms with Gasteiger partial charge in [-0.15, -0.1) is 0 Å². The molecule has 0 fully saturated rings. The number of methoxy groups -OCH3 is 1. The van der Waals surface area contributed by atoms with Gasteiger partial charge in [0.05, 0.1) is 12.0 Å². The van der Waals surface area contributed by atoms with Crippen LogP contribution in [0.5, 0.6) is 5.75 Å². The summed E-state index contributed by atoms with van der Waals surface area (Å²) in [6.45, 7) is 1.91. The Morgan fingerprint density at radius 2 is 2.17 bits per heavy atom. The molecular weight excluding hydrogens is 196 g/mol. The lowest BCUT2D eigenvalue weighted by atomic mass is 10.2. The van der Waals surface area contributed by atoms with Crippen molar-refractivity contribution in [3.05, 3.63) is 23.8 Å². The van der Waals surface area contributed by atoms with Gasteiger partial charge in [-0.1, -0.05) is 6.07 Å². The Bertz CT molecular complexity index is 312. The van der Waals surface area contributed by atoms with Crippen LogP contribution in [-0.4, -0.2) is 11.3 Å². The van der Waals surface area contributed by atoms with Crippen LogP contribution in [0.25, 0.3) is 0 Å². The maximum atomic E-state index is 11.0. The van der Waals surface area contributed by atoms with Gasteiger partial charge in [-0.3, -0.25) is 0 Å². The molecule has 1 aromatic carbocycles. The van der Waals surface area contributed by atoms with E-state index >= 15 is 0 Å². The predicted octanol–water partition coefficient (Wildman–Crippen LogP) is 2.27. The van der Waals surface area contributed by atoms with Crippen LogP contribution in [0.3, 0.4) is 0 Å². The number of halogens is 1. The Hall–Kier alpha value is -0.540. The van der Waals surface area contributed by atoms with Crippen molar-refractivity contribution in [1.82, 2.24) is 0 Å². The van der Waals surface area contributed by atoms with Crippen LogP contribution in [0.15, 0.2) is 23.1 Å². The molecule has 1 atom stereocenters. The molecule has 0 aliphatic carbocycles. The Morgan fingerprint density at radius 3 is 2.67 bits per heavy atom. The summed E-state index contributed by atoms with van der Waals surface area (Å²) < 4.78 is 16.0. The minimum absolute atomic E-state index is 0.527. The van der Waals surface area contributed by atoms with Gasteiger partial charge in [0, 0.05) is 0 Å². The molecule has 0 radical (unpaired) electrons. The van der Waals surface area contributed by atoms with E-state index in [1.54, 1.807) is 12.1 Å². The molecule has 2 nitrogen and oxygen atoms in total. The molecule has 66 valence electrons. The minimum atomic E-state index is -1.50. The van der Waals surface area contributed by atoms with Crippen LogP contribution in [0.4, 0.5) is 0 Å². The van der Waals surface area contributed by atoms with Crippen molar-refractivity contribution in [3.8, 4) is 5.75 Å². The third kappa shape index (κ3) is 1.99. The lowest BCUT2D eigenvalue weighted by Crippen LogP contribution is -1.91. The SMILES string of the molecule is COc1ccc(C)cc1S(=O)Cl. The average molecular weight is 205 g/mol. The van der Waals surface area contributed by atoms with Crippen molar-refractivity contribution in [2.75, 3.05) is 7.11 Å². The van der Waals surface area contributed by atoms with Gasteiger partial charge in [0.1, 0.15) is 5.75 Å². The Kier molecular flexibility index (Phi) is 3.12. The molecule has 1 unspecified atom stereocenters. The van der Waals surface area contributed by atoms with Crippen molar-refractivity contribution in [2.45, 2.75) is 11.8 Å². The van der Waals surface area contributed by atoms with Gasteiger partial charge in [-0.25, -0.2) is 4.21 Å². The molecule has 12 heavy (non-hydrogen) atoms. The summed E-state index contributed by atoms with van der Waals surface area (Å²) in [6, 6.07) is 5.39. The van der Waals surface area contributed by atoms with Crippen molar-refractivity contribution in [1.29, 1.82) is 0 Å². The fourth-order valence-corrected chi connectivity index (χ4v) is 1.86. The molecule has 4 heteroatoms. The highest BCUT2D eigenvalue weighted by molar-refractivity contribution is 8.08. The van der Waals surface area contributed by atoms with E-state index in [4.69, 9.17) is 15.4 Å². The molecule has 0 aliphatic rings. The Labute approximate surface area is 78.5 Å². The number of rotatable bonds is 2. The number of aryl methyl sites for hydroxylation is 1. The third-order valence-corrected chi connectivity index (χ3v) is 2.66. The monoisotopic (exact) mass is 204 g/mol. The number of hydrogen-bond acceptors (Lipinski definition) is 2. The Balaban J connectivity index is 3.21. The summed E-state index contributed by atoms with van der Waals surface area (Å²) in [5, 5.41) is 0. The van der Waals surface area contributed by atoms with Gasteiger partial charge >= 0.3 is 0 Å². The quantitative estimate of drug-likeness (QED) is 0.691. The topological polar surface area (TPSA) is 26.3 Å². The largest absolute Gasteiger partial charge is 0.495 e. The zero-order valence-electron chi connectivity index (χ0n) is 6.83. The van der Waals surface area contributed by atoms with E-state index in [0.29, 0.717) is 10.6 Å². The number of benzene rings is 1. The second-order valence-electron chi connectivity index (χ2n) is 2.38. The smallest absolute Gasteiger partial charge is 0.151 e. The molecule has 0 aromatic heterocycles. The summed E-state index contributed by atoms with van der Waals surface area (Å²) in [5.41, 5.74) is 1.01. The highest BCUT2D eigenvalue weighted by Gasteiger charge is 2.07. The van der Waals surface area contributed by atoms with Gasteiger partial charge in [0.15, 0.2) is 10.0 Å². The molecule has 0 aliphatic heterocycles. The first-order valence-corrected chi connectivity index (χ1v) is 5.35. The van der Waals surface area contributed by atoms with Crippen molar-refractivity contribution in [3.63, 3.8) is 0 Å². The van der Waals surface area contributed by atoms with E-state index in [1.807, 2.05) is 13.0 Å². The molecule has 1 rings (SSSR count). The summed E-state index contributed by atoms with van der Waals surface area (Å²) in [6.07, 6.45) is 0. The zero-order valence-corrected chi connectivity index (χ0v) is 8.41. The van der Waals surface area contributed by atoms with Crippen LogP contribution >= 0.6 is 10.7 Å². The normalized spacial score (nSPS) is 12.6. The standard InChI is InChI=1S/C8H9ClO2S/c1-6-3-4-7(11-2)8(5-6)12(9)10/h3-5H,1-2H3. The lowest BCUT2D eigenvalue weighted by molar-refractivity contribution is 0.404. The van der Waals surface area contributed by atoms with E-state index in [0.717, 1.165) is 5.56 Å². The predicted molar refractivity (Wildman–Crippen MR) is 50.0 cm³/mol. The first-order valence-electron chi connectivity index (χ1n) is 3.38. The van der Waals surface area contributed by atoms with Crippen LogP contribution in [0, 0.1) is 6.92 Å². The molecule has 0 spiro atoms. The summed E-state index contributed by atoms with van der Waals surface area (Å²) >= 11 is 0. The fourth-order valence-electron chi connectivity index (χ4n) is 0.909. The van der Waals surface area contributed by atoms with Gasteiger partial charge in [0.25, 0.3) is 0 Å². The Morgan fingerprint density at radius 1 is 1.50 bits per heavy atom. The highest BCUT2D eigenvalue weighted by atomic mass is 35.7. The second-order valence-corrected chi connectivity index (χ2v) is 4.11. The highest BCUT2D eigenvalue weighted by Crippen LogP contribution is 2.24. The molecule has 1 aromatic rings. The first kappa shape index (κ1) is 9.55. The van der Waals surface area contributed by atoms with E-state index in [9.17, 15) is 4.21 Å². The molecule has 0 saturated carbocycles. The summed E-state index contributed by atoms with van der Waals surface area (Å²) in [4.78, 5) is 0.527. The molecular formula is C8H9ClO2S. The molecule has 0 amide bonds. The third-order valence-electron chi connectivity index (χ3n) is 1.49. The average Bonchev–Trinajstić information content (AvgIpc) is 2.04. The van der Waals surface area contributed by atoms with Gasteiger partial charge < -0.3 is 4.74 Å². The maximum Gasteiger partial charge on any atom is 0.151 e. The van der Waals surface area contributed by atoms with Crippen LogP contribution in [0.2, 0.25) is 0 Å². The molecule has 0 heterocycles. The molecule has 0 saturated heterocycles. The van der Waals surface area contributed by atoms with Crippen LogP contribution in [0.1, 0.15) is 5.56 Å². The summed E-state index contributed by atoms with van der Waals surface area (Å²) in [5.74, 6) is 0.564. The first-order chi connectivity index (χ1) is 5.65. The van der Waals surface area contributed by atoms with Gasteiger partial charge in [0.2, 0.25) is 0 Å². The summed E-state index contributed by atoms with van der Waals surface area (Å²) in [7, 11) is 5.47. The van der Waals surface area contributed by atoms with E-state index < -0.39 is 10.0 Å². The number of ether oxygens (including phenoxy) is 1. The second kappa shape index (κ2) is 3.92. The lowest BCUT2D eigenvalue weighted by Gasteiger charge is -2.04. The zero-order chi connectivity index (χ0) is 9.14. The molecule has 0 bridgehead atoms. The van der Waals surface area contributed by atoms with E-state index in [1.165, 1.54) is 7.11 Å². The van der Waals surface area contributed by atoms with E-state index in [-0.39, 0.29) is 0 Å².